The Balaban J connectivity index is 0.00000196. The van der Waals surface area contributed by atoms with E-state index in [4.69, 9.17) is 22.2 Å². The largest absolute Gasteiger partial charge is 0.483 e. The quantitative estimate of drug-likeness (QED) is 0.485. The van der Waals surface area contributed by atoms with E-state index in [0.29, 0.717) is 10.8 Å². The molecule has 4 nitrogen and oxygen atoms in total. The monoisotopic (exact) mass is 250 g/mol. The Morgan fingerprint density at radius 2 is 2.27 bits per heavy atom. The van der Waals surface area contributed by atoms with Gasteiger partial charge in [0.2, 0.25) is 0 Å². The van der Waals surface area contributed by atoms with Crippen LogP contribution in [0.1, 0.15) is 5.56 Å². The zero-order chi connectivity index (χ0) is 10.6. The van der Waals surface area contributed by atoms with Crippen LogP contribution in [0.5, 0.6) is 5.75 Å². The SMILES string of the molecule is Cc1cc(Cl)ccc1OCC(=O)NN.Cl. The minimum absolute atomic E-state index is 0. The summed E-state index contributed by atoms with van der Waals surface area (Å²) >= 11 is 5.75. The van der Waals surface area contributed by atoms with Gasteiger partial charge in [-0.05, 0) is 30.7 Å². The maximum atomic E-state index is 10.8. The first-order valence-corrected chi connectivity index (χ1v) is 4.39. The van der Waals surface area contributed by atoms with Gasteiger partial charge < -0.3 is 4.74 Å². The number of carbonyl (C=O) groups is 1. The first kappa shape index (κ1) is 14.0. The molecule has 0 spiro atoms. The van der Waals surface area contributed by atoms with Crippen LogP contribution in [0.25, 0.3) is 0 Å². The number of nitrogens with two attached hydrogens (primary N) is 1. The second kappa shape index (κ2) is 6.50. The molecule has 1 aromatic carbocycles. The number of amides is 1. The smallest absolute Gasteiger partial charge is 0.271 e. The van der Waals surface area contributed by atoms with Crippen molar-refractivity contribution in [2.75, 3.05) is 6.61 Å². The molecule has 0 heterocycles. The van der Waals surface area contributed by atoms with Crippen LogP contribution in [0.2, 0.25) is 5.02 Å². The summed E-state index contributed by atoms with van der Waals surface area (Å²) in [7, 11) is 0. The van der Waals surface area contributed by atoms with Crippen molar-refractivity contribution in [2.45, 2.75) is 6.92 Å². The molecule has 0 aliphatic carbocycles. The summed E-state index contributed by atoms with van der Waals surface area (Å²) in [4.78, 5) is 10.8. The van der Waals surface area contributed by atoms with Crippen LogP contribution in [0.3, 0.4) is 0 Å². The van der Waals surface area contributed by atoms with Gasteiger partial charge >= 0.3 is 0 Å². The predicted octanol–water partition coefficient (Wildman–Crippen LogP) is 1.44. The molecule has 6 heteroatoms. The zero-order valence-corrected chi connectivity index (χ0v) is 9.69. The first-order valence-electron chi connectivity index (χ1n) is 4.02. The first-order chi connectivity index (χ1) is 6.63. The van der Waals surface area contributed by atoms with Crippen molar-refractivity contribution >= 4 is 29.9 Å². The second-order valence-electron chi connectivity index (χ2n) is 2.77. The van der Waals surface area contributed by atoms with Crippen LogP contribution >= 0.6 is 24.0 Å². The maximum absolute atomic E-state index is 10.8. The van der Waals surface area contributed by atoms with E-state index in [2.05, 4.69) is 0 Å². The number of nitrogens with one attached hydrogen (secondary N) is 1. The summed E-state index contributed by atoms with van der Waals surface area (Å²) in [6, 6.07) is 5.17. The fourth-order valence-electron chi connectivity index (χ4n) is 0.960. The van der Waals surface area contributed by atoms with Crippen LogP contribution in [-0.2, 0) is 4.79 Å². The molecule has 1 rings (SSSR count). The van der Waals surface area contributed by atoms with Crippen LogP contribution < -0.4 is 16.0 Å². The molecule has 1 amide bonds. The van der Waals surface area contributed by atoms with E-state index >= 15 is 0 Å². The van der Waals surface area contributed by atoms with E-state index in [-0.39, 0.29) is 24.9 Å². The Morgan fingerprint density at radius 1 is 1.60 bits per heavy atom. The lowest BCUT2D eigenvalue weighted by molar-refractivity contribution is -0.123. The Morgan fingerprint density at radius 3 is 2.80 bits per heavy atom. The Labute approximate surface area is 99.1 Å². The number of benzene rings is 1. The summed E-state index contributed by atoms with van der Waals surface area (Å²) in [6.07, 6.45) is 0. The second-order valence-corrected chi connectivity index (χ2v) is 3.20. The molecule has 3 N–H and O–H groups in total. The molecule has 0 radical (unpaired) electrons. The van der Waals surface area contributed by atoms with Crippen LogP contribution in [0.15, 0.2) is 18.2 Å². The van der Waals surface area contributed by atoms with Crippen LogP contribution in [0.4, 0.5) is 0 Å². The number of ether oxygens (including phenoxy) is 1. The van der Waals surface area contributed by atoms with E-state index in [1.807, 2.05) is 12.3 Å². The highest BCUT2D eigenvalue weighted by molar-refractivity contribution is 6.30. The Bertz CT molecular complexity index is 345. The van der Waals surface area contributed by atoms with Gasteiger partial charge in [0.1, 0.15) is 5.75 Å². The fraction of sp³-hybridized carbons (Fsp3) is 0.222. The van der Waals surface area contributed by atoms with E-state index in [0.717, 1.165) is 5.56 Å². The van der Waals surface area contributed by atoms with Crippen molar-refractivity contribution in [1.29, 1.82) is 0 Å². The molecule has 0 unspecified atom stereocenters. The normalized spacial score (nSPS) is 9.00. The molecule has 15 heavy (non-hydrogen) atoms. The maximum Gasteiger partial charge on any atom is 0.271 e. The fourth-order valence-corrected chi connectivity index (χ4v) is 1.19. The summed E-state index contributed by atoms with van der Waals surface area (Å²) in [6.45, 7) is 1.75. The Hall–Kier alpha value is -0.970. The third-order valence-corrected chi connectivity index (χ3v) is 1.89. The van der Waals surface area contributed by atoms with Gasteiger partial charge in [-0.2, -0.15) is 0 Å². The predicted molar refractivity (Wildman–Crippen MR) is 61.3 cm³/mol. The third kappa shape index (κ3) is 4.38. The molecule has 0 atom stereocenters. The zero-order valence-electron chi connectivity index (χ0n) is 8.12. The molecule has 1 aromatic rings. The van der Waals surface area contributed by atoms with Gasteiger partial charge in [-0.15, -0.1) is 12.4 Å². The van der Waals surface area contributed by atoms with Crippen LogP contribution in [0, 0.1) is 6.92 Å². The lowest BCUT2D eigenvalue weighted by Crippen LogP contribution is -2.34. The highest BCUT2D eigenvalue weighted by Crippen LogP contribution is 2.21. The van der Waals surface area contributed by atoms with Gasteiger partial charge in [-0.25, -0.2) is 5.84 Å². The Kier molecular flexibility index (Phi) is 6.08. The van der Waals surface area contributed by atoms with Crippen molar-refractivity contribution in [3.63, 3.8) is 0 Å². The van der Waals surface area contributed by atoms with Gasteiger partial charge in [0.25, 0.3) is 5.91 Å². The van der Waals surface area contributed by atoms with Crippen molar-refractivity contribution in [1.82, 2.24) is 5.43 Å². The van der Waals surface area contributed by atoms with Gasteiger partial charge in [0.05, 0.1) is 0 Å². The topological polar surface area (TPSA) is 64.3 Å². The van der Waals surface area contributed by atoms with Gasteiger partial charge in [-0.1, -0.05) is 11.6 Å². The number of rotatable bonds is 3. The average Bonchev–Trinajstić information content (AvgIpc) is 2.16. The van der Waals surface area contributed by atoms with Crippen LogP contribution in [-0.4, -0.2) is 12.5 Å². The number of hydrogen-bond acceptors (Lipinski definition) is 3. The minimum Gasteiger partial charge on any atom is -0.483 e. The lowest BCUT2D eigenvalue weighted by atomic mass is 10.2. The summed E-state index contributed by atoms with van der Waals surface area (Å²) < 4.78 is 5.19. The number of hydrogen-bond donors (Lipinski definition) is 2. The van der Waals surface area contributed by atoms with E-state index in [9.17, 15) is 4.79 Å². The molecule has 0 bridgehead atoms. The standard InChI is InChI=1S/C9H11ClN2O2.ClH/c1-6-4-7(10)2-3-8(6)14-5-9(13)12-11;/h2-4H,5,11H2,1H3,(H,12,13);1H. The van der Waals surface area contributed by atoms with Crippen molar-refractivity contribution < 1.29 is 9.53 Å². The highest BCUT2D eigenvalue weighted by atomic mass is 35.5. The number of halogens is 2. The molecular formula is C9H12Cl2N2O2. The molecule has 0 aromatic heterocycles. The molecule has 0 fully saturated rings. The molecule has 84 valence electrons. The number of hydrazine groups is 1. The molecule has 0 saturated heterocycles. The lowest BCUT2D eigenvalue weighted by Gasteiger charge is -2.07. The third-order valence-electron chi connectivity index (χ3n) is 1.66. The van der Waals surface area contributed by atoms with Gasteiger partial charge in [-0.3, -0.25) is 10.2 Å². The van der Waals surface area contributed by atoms with Gasteiger partial charge in [0.15, 0.2) is 6.61 Å². The molecule has 0 aliphatic rings. The van der Waals surface area contributed by atoms with E-state index in [1.54, 1.807) is 18.2 Å². The summed E-state index contributed by atoms with van der Waals surface area (Å²) in [5.74, 6) is 5.15. The molecular weight excluding hydrogens is 239 g/mol. The van der Waals surface area contributed by atoms with E-state index < -0.39 is 0 Å². The van der Waals surface area contributed by atoms with Gasteiger partial charge in [0, 0.05) is 5.02 Å². The average molecular weight is 251 g/mol. The number of aryl methyl sites for hydroxylation is 1. The van der Waals surface area contributed by atoms with Crippen molar-refractivity contribution in [3.8, 4) is 5.75 Å². The summed E-state index contributed by atoms with van der Waals surface area (Å²) in [5, 5.41) is 0.637. The molecule has 0 saturated carbocycles. The molecule has 0 aliphatic heterocycles. The van der Waals surface area contributed by atoms with Crippen molar-refractivity contribution in [2.24, 2.45) is 5.84 Å². The number of carbonyl (C=O) groups excluding carboxylic acids is 1. The van der Waals surface area contributed by atoms with Crippen molar-refractivity contribution in [3.05, 3.63) is 28.8 Å². The van der Waals surface area contributed by atoms with E-state index in [1.165, 1.54) is 0 Å². The summed E-state index contributed by atoms with van der Waals surface area (Å²) in [5.41, 5.74) is 2.85. The highest BCUT2D eigenvalue weighted by Gasteiger charge is 2.03. The minimum atomic E-state index is -0.376.